The zero-order valence-corrected chi connectivity index (χ0v) is 35.3. The predicted octanol–water partition coefficient (Wildman–Crippen LogP) is 14.6. The van der Waals surface area contributed by atoms with Crippen molar-refractivity contribution in [2.24, 2.45) is 11.8 Å². The molecule has 4 aromatic heterocycles. The number of amides is 1. The fourth-order valence-corrected chi connectivity index (χ4v) is 12.5. The molecule has 2 aliphatic heterocycles. The van der Waals surface area contributed by atoms with Crippen molar-refractivity contribution >= 4 is 66.4 Å². The minimum Gasteiger partial charge on any atom is -0.365 e. The number of carbonyl (C=O) groups excluding carboxylic acids is 1. The summed E-state index contributed by atoms with van der Waals surface area (Å²) in [4.78, 5) is 27.1. The molecule has 0 aromatic carbocycles. The highest BCUT2D eigenvalue weighted by Gasteiger charge is 2.42. The Balaban J connectivity index is 1.20. The lowest BCUT2D eigenvalue weighted by molar-refractivity contribution is -0.124. The Hall–Kier alpha value is -2.19. The molecule has 2 atom stereocenters. The second-order valence-electron chi connectivity index (χ2n) is 15.4. The van der Waals surface area contributed by atoms with Crippen LogP contribution in [0.3, 0.4) is 0 Å². The minimum absolute atomic E-state index is 0.237. The van der Waals surface area contributed by atoms with Crippen LogP contribution in [0.5, 0.6) is 0 Å². The van der Waals surface area contributed by atoms with E-state index in [1.807, 2.05) is 45.3 Å². The second-order valence-corrected chi connectivity index (χ2v) is 20.0. The van der Waals surface area contributed by atoms with Crippen LogP contribution in [0.1, 0.15) is 134 Å². The molecule has 3 nitrogen and oxygen atoms in total. The molecule has 0 aliphatic carbocycles. The van der Waals surface area contributed by atoms with Crippen molar-refractivity contribution in [1.82, 2.24) is 9.80 Å². The highest BCUT2D eigenvalue weighted by molar-refractivity contribution is 7.33. The molecule has 0 radical (unpaired) electrons. The number of thiophene rings is 4. The fraction of sp³-hybridized carbons (Fsp3) is 0.568. The molecule has 0 bridgehead atoms. The first-order chi connectivity index (χ1) is 24.8. The van der Waals surface area contributed by atoms with E-state index < -0.39 is 0 Å². The molecule has 276 valence electrons. The Labute approximate surface area is 324 Å². The summed E-state index contributed by atoms with van der Waals surface area (Å²) in [5.74, 6) is 1.35. The summed E-state index contributed by atoms with van der Waals surface area (Å²) in [6, 6.07) is 13.8. The number of aryl methyl sites for hydroxylation is 1. The first-order valence-electron chi connectivity index (χ1n) is 20.0. The number of rotatable bonds is 21. The van der Waals surface area contributed by atoms with Crippen molar-refractivity contribution in [3.63, 3.8) is 0 Å². The maximum Gasteiger partial charge on any atom is 0.260 e. The molecule has 7 heteroatoms. The smallest absolute Gasteiger partial charge is 0.260 e. The third kappa shape index (κ3) is 9.31. The molecule has 0 saturated heterocycles. The Morgan fingerprint density at radius 2 is 1.16 bits per heavy atom. The summed E-state index contributed by atoms with van der Waals surface area (Å²) in [7, 11) is 0. The molecular formula is C44H60N2OS4. The summed E-state index contributed by atoms with van der Waals surface area (Å²) in [5, 5.41) is 0. The highest BCUT2D eigenvalue weighted by Crippen LogP contribution is 2.48. The Bertz CT molecular complexity index is 1780. The lowest BCUT2D eigenvalue weighted by atomic mass is 10.0. The van der Waals surface area contributed by atoms with E-state index in [4.69, 9.17) is 0 Å². The van der Waals surface area contributed by atoms with E-state index in [0.29, 0.717) is 11.8 Å². The number of hydrogen-bond acceptors (Lipinski definition) is 6. The van der Waals surface area contributed by atoms with Gasteiger partial charge in [-0.05, 0) is 74.9 Å². The van der Waals surface area contributed by atoms with Crippen molar-refractivity contribution < 1.29 is 4.79 Å². The highest BCUT2D eigenvalue weighted by atomic mass is 32.1. The lowest BCUT2D eigenvalue weighted by Gasteiger charge is -2.28. The van der Waals surface area contributed by atoms with Gasteiger partial charge in [0.2, 0.25) is 0 Å². The van der Waals surface area contributed by atoms with E-state index in [1.54, 1.807) is 0 Å². The van der Waals surface area contributed by atoms with Gasteiger partial charge in [-0.25, -0.2) is 0 Å². The average Bonchev–Trinajstić information content (AvgIpc) is 3.95. The van der Waals surface area contributed by atoms with Gasteiger partial charge in [0.05, 0.1) is 16.1 Å². The van der Waals surface area contributed by atoms with Crippen LogP contribution in [-0.2, 0) is 4.79 Å². The fourth-order valence-electron chi connectivity index (χ4n) is 7.94. The largest absolute Gasteiger partial charge is 0.365 e. The molecule has 6 heterocycles. The molecular weight excluding hydrogens is 701 g/mol. The summed E-state index contributed by atoms with van der Waals surface area (Å²) < 4.78 is 2.74. The number of carbonyl (C=O) groups is 1. The third-order valence-electron chi connectivity index (χ3n) is 10.9. The first-order valence-corrected chi connectivity index (χ1v) is 23.3. The van der Waals surface area contributed by atoms with Crippen LogP contribution < -0.4 is 0 Å². The maximum absolute atomic E-state index is 14.4. The number of fused-ring (bicyclic) bond motifs is 2. The predicted molar refractivity (Wildman–Crippen MR) is 228 cm³/mol. The topological polar surface area (TPSA) is 23.6 Å². The number of unbranched alkanes of at least 4 members (excludes halogenated alkanes) is 10. The van der Waals surface area contributed by atoms with Crippen LogP contribution in [0.15, 0.2) is 53.2 Å². The monoisotopic (exact) mass is 760 g/mol. The van der Waals surface area contributed by atoms with E-state index in [-0.39, 0.29) is 5.91 Å². The van der Waals surface area contributed by atoms with E-state index >= 15 is 0 Å². The molecule has 0 spiro atoms. The quantitative estimate of drug-likeness (QED) is 0.0790. The van der Waals surface area contributed by atoms with E-state index in [1.165, 1.54) is 146 Å². The molecule has 2 aliphatic rings. The zero-order valence-electron chi connectivity index (χ0n) is 32.1. The van der Waals surface area contributed by atoms with Crippen LogP contribution in [0.2, 0.25) is 0 Å². The summed E-state index contributed by atoms with van der Waals surface area (Å²) >= 11 is 7.57. The zero-order chi connectivity index (χ0) is 35.9. The van der Waals surface area contributed by atoms with Gasteiger partial charge in [-0.1, -0.05) is 105 Å². The lowest BCUT2D eigenvalue weighted by Crippen LogP contribution is -2.32. The first kappa shape index (κ1) is 38.5. The van der Waals surface area contributed by atoms with Gasteiger partial charge in [-0.3, -0.25) is 4.79 Å². The normalized spacial score (nSPS) is 16.1. The number of nitrogens with zero attached hydrogens (tertiary/aromatic N) is 2. The standard InChI is InChI=1S/C44H60N2OS4/c1-7-9-11-13-15-17-19-30(3)27-45-29-34-33(6)46(28-31(4)20-18-16-14-12-10-8-2)44(47)42(34)43(45)37-24-23-36(49-37)39-26-41-40(51-39)25-38(50-41)35-22-21-32(5)48-35/h21-26,30-31H,7-20,27-29H2,1-6H3. The molecule has 2 unspecified atom stereocenters. The maximum atomic E-state index is 14.4. The summed E-state index contributed by atoms with van der Waals surface area (Å²) in [6.07, 6.45) is 18.4. The summed E-state index contributed by atoms with van der Waals surface area (Å²) in [6.45, 7) is 16.4. The van der Waals surface area contributed by atoms with Crippen molar-refractivity contribution in [1.29, 1.82) is 0 Å². The van der Waals surface area contributed by atoms with Gasteiger partial charge in [0.15, 0.2) is 0 Å². The Kier molecular flexibility index (Phi) is 13.8. The van der Waals surface area contributed by atoms with Crippen LogP contribution in [0.4, 0.5) is 0 Å². The molecule has 6 rings (SSSR count). The van der Waals surface area contributed by atoms with Crippen LogP contribution >= 0.6 is 45.3 Å². The molecule has 1 amide bonds. The third-order valence-corrected chi connectivity index (χ3v) is 15.7. The van der Waals surface area contributed by atoms with Crippen LogP contribution in [-0.4, -0.2) is 35.3 Å². The van der Waals surface area contributed by atoms with E-state index in [2.05, 4.69) is 87.7 Å². The van der Waals surface area contributed by atoms with Crippen molar-refractivity contribution in [3.05, 3.63) is 63.0 Å². The molecule has 4 aromatic rings. The minimum atomic E-state index is 0.237. The van der Waals surface area contributed by atoms with Gasteiger partial charge in [0.25, 0.3) is 5.91 Å². The molecule has 0 fully saturated rings. The van der Waals surface area contributed by atoms with Gasteiger partial charge in [0, 0.05) is 64.7 Å². The molecule has 51 heavy (non-hydrogen) atoms. The van der Waals surface area contributed by atoms with Crippen molar-refractivity contribution in [2.45, 2.75) is 131 Å². The van der Waals surface area contributed by atoms with Crippen LogP contribution in [0, 0.1) is 18.8 Å². The summed E-state index contributed by atoms with van der Waals surface area (Å²) in [5.41, 5.74) is 4.65. The van der Waals surface area contributed by atoms with Gasteiger partial charge >= 0.3 is 0 Å². The van der Waals surface area contributed by atoms with Gasteiger partial charge in [0.1, 0.15) is 0 Å². The number of allylic oxidation sites excluding steroid dienone is 1. The molecule has 0 saturated carbocycles. The van der Waals surface area contributed by atoms with E-state index in [9.17, 15) is 4.79 Å². The Morgan fingerprint density at radius 1 is 0.627 bits per heavy atom. The van der Waals surface area contributed by atoms with Gasteiger partial charge < -0.3 is 9.80 Å². The number of hydrogen-bond donors (Lipinski definition) is 0. The SMILES string of the molecule is CCCCCCCCC(C)CN1CC2=C(C)N(CC(C)CCCCCCCC)C(=O)C2=C1c1ccc(-c2cc3sc(-c4ccc(C)s4)cc3s2)s1. The van der Waals surface area contributed by atoms with Gasteiger partial charge in [-0.15, -0.1) is 45.3 Å². The van der Waals surface area contributed by atoms with Gasteiger partial charge in [-0.2, -0.15) is 0 Å². The average molecular weight is 761 g/mol. The second kappa shape index (κ2) is 18.2. The van der Waals surface area contributed by atoms with Crippen molar-refractivity contribution in [3.8, 4) is 19.5 Å². The van der Waals surface area contributed by atoms with Crippen LogP contribution in [0.25, 0.3) is 34.6 Å². The van der Waals surface area contributed by atoms with E-state index in [0.717, 1.165) is 25.2 Å². The molecule has 0 N–H and O–H groups in total. The van der Waals surface area contributed by atoms with Crippen molar-refractivity contribution in [2.75, 3.05) is 19.6 Å². The Morgan fingerprint density at radius 3 is 1.75 bits per heavy atom.